The van der Waals surface area contributed by atoms with Crippen molar-refractivity contribution in [1.82, 2.24) is 9.55 Å². The van der Waals surface area contributed by atoms with Gasteiger partial charge in [0, 0.05) is 38.2 Å². The second kappa shape index (κ2) is 7.99. The average Bonchev–Trinajstić information content (AvgIpc) is 2.92. The summed E-state index contributed by atoms with van der Waals surface area (Å²) in [7, 11) is -1.04. The predicted octanol–water partition coefficient (Wildman–Crippen LogP) is 4.91. The van der Waals surface area contributed by atoms with E-state index in [1.54, 1.807) is 6.07 Å². The van der Waals surface area contributed by atoms with Gasteiger partial charge < -0.3 is 14.0 Å². The van der Waals surface area contributed by atoms with Crippen molar-refractivity contribution >= 4 is 19.7 Å². The van der Waals surface area contributed by atoms with Crippen molar-refractivity contribution in [2.75, 3.05) is 13.2 Å². The van der Waals surface area contributed by atoms with E-state index >= 15 is 0 Å². The van der Waals surface area contributed by atoms with E-state index in [0.29, 0.717) is 24.4 Å². The number of aromatic nitrogens is 2. The summed E-state index contributed by atoms with van der Waals surface area (Å²) in [5.41, 5.74) is 1.99. The molecule has 0 saturated heterocycles. The molecule has 0 unspecified atom stereocenters. The van der Waals surface area contributed by atoms with Crippen LogP contribution >= 0.6 is 11.6 Å². The van der Waals surface area contributed by atoms with Gasteiger partial charge in [-0.3, -0.25) is 0 Å². The van der Waals surface area contributed by atoms with Crippen LogP contribution in [-0.2, 0) is 11.5 Å². The zero-order chi connectivity index (χ0) is 16.9. The number of nitrogens with zero attached hydrogens (tertiary/aromatic N) is 2. The SMILES string of the molecule is CCOc1nc(Cl)ccc1-c1ccn(COCC[Si](C)(C)C)c1. The lowest BCUT2D eigenvalue weighted by molar-refractivity contribution is 0.0875. The van der Waals surface area contributed by atoms with Crippen molar-refractivity contribution in [2.45, 2.75) is 39.3 Å². The van der Waals surface area contributed by atoms with Crippen molar-refractivity contribution in [3.8, 4) is 17.0 Å². The van der Waals surface area contributed by atoms with Gasteiger partial charge in [-0.15, -0.1) is 0 Å². The smallest absolute Gasteiger partial charge is 0.222 e. The number of rotatable bonds is 8. The highest BCUT2D eigenvalue weighted by atomic mass is 35.5. The van der Waals surface area contributed by atoms with E-state index in [-0.39, 0.29) is 0 Å². The lowest BCUT2D eigenvalue weighted by Crippen LogP contribution is -2.21. The Hall–Kier alpha value is -1.30. The molecule has 0 aliphatic heterocycles. The molecule has 0 aliphatic carbocycles. The highest BCUT2D eigenvalue weighted by Gasteiger charge is 2.13. The molecule has 2 rings (SSSR count). The minimum absolute atomic E-state index is 0.436. The molecule has 2 heterocycles. The van der Waals surface area contributed by atoms with Crippen LogP contribution < -0.4 is 4.74 Å². The number of ether oxygens (including phenoxy) is 2. The highest BCUT2D eigenvalue weighted by Crippen LogP contribution is 2.30. The van der Waals surface area contributed by atoms with Crippen molar-refractivity contribution in [2.24, 2.45) is 0 Å². The van der Waals surface area contributed by atoms with Crippen LogP contribution in [0.1, 0.15) is 6.92 Å². The van der Waals surface area contributed by atoms with Gasteiger partial charge in [-0.25, -0.2) is 4.98 Å². The van der Waals surface area contributed by atoms with Crippen LogP contribution in [0.15, 0.2) is 30.6 Å². The molecule has 0 saturated carbocycles. The largest absolute Gasteiger partial charge is 0.477 e. The molecular weight excluding hydrogens is 328 g/mol. The van der Waals surface area contributed by atoms with Crippen LogP contribution in [0.5, 0.6) is 5.88 Å². The van der Waals surface area contributed by atoms with E-state index in [0.717, 1.165) is 17.7 Å². The zero-order valence-corrected chi connectivity index (χ0v) is 16.1. The second-order valence-corrected chi connectivity index (χ2v) is 12.7. The van der Waals surface area contributed by atoms with E-state index in [1.165, 1.54) is 6.04 Å². The summed E-state index contributed by atoms with van der Waals surface area (Å²) in [6.07, 6.45) is 4.05. The van der Waals surface area contributed by atoms with E-state index in [2.05, 4.69) is 24.6 Å². The van der Waals surface area contributed by atoms with E-state index in [9.17, 15) is 0 Å². The minimum Gasteiger partial charge on any atom is -0.477 e. The molecule has 0 aliphatic rings. The molecule has 126 valence electrons. The summed E-state index contributed by atoms with van der Waals surface area (Å²) in [5.74, 6) is 0.567. The maximum atomic E-state index is 5.95. The standard InChI is InChI=1S/C17H25ClN2O2Si/c1-5-22-17-15(6-7-16(18)19-17)14-8-9-20(12-14)13-21-10-11-23(2,3)4/h6-9,12H,5,10-11,13H2,1-4H3. The Kier molecular flexibility index (Phi) is 6.27. The van der Waals surface area contributed by atoms with Crippen molar-refractivity contribution in [3.05, 3.63) is 35.7 Å². The maximum absolute atomic E-state index is 5.95. The summed E-state index contributed by atoms with van der Waals surface area (Å²) in [6.45, 7) is 10.9. The van der Waals surface area contributed by atoms with E-state index in [1.807, 2.05) is 36.0 Å². The second-order valence-electron chi connectivity index (χ2n) is 6.68. The first-order valence-electron chi connectivity index (χ1n) is 7.92. The third kappa shape index (κ3) is 5.68. The van der Waals surface area contributed by atoms with Crippen LogP contribution in [-0.4, -0.2) is 30.8 Å². The molecule has 0 aromatic carbocycles. The Bertz CT molecular complexity index is 638. The van der Waals surface area contributed by atoms with Crippen LogP contribution in [0.3, 0.4) is 0 Å². The first-order chi connectivity index (χ1) is 10.9. The monoisotopic (exact) mass is 352 g/mol. The molecule has 0 bridgehead atoms. The van der Waals surface area contributed by atoms with Crippen LogP contribution in [0.4, 0.5) is 0 Å². The van der Waals surface area contributed by atoms with Gasteiger partial charge in [0.1, 0.15) is 11.9 Å². The fourth-order valence-corrected chi connectivity index (χ4v) is 3.01. The Morgan fingerprint density at radius 2 is 2.00 bits per heavy atom. The average molecular weight is 353 g/mol. The quantitative estimate of drug-likeness (QED) is 0.384. The molecule has 2 aromatic heterocycles. The van der Waals surface area contributed by atoms with Crippen molar-refractivity contribution < 1.29 is 9.47 Å². The fraction of sp³-hybridized carbons (Fsp3) is 0.471. The van der Waals surface area contributed by atoms with Crippen molar-refractivity contribution in [1.29, 1.82) is 0 Å². The lowest BCUT2D eigenvalue weighted by Gasteiger charge is -2.15. The molecule has 6 heteroatoms. The summed E-state index contributed by atoms with van der Waals surface area (Å²) < 4.78 is 13.4. The topological polar surface area (TPSA) is 36.3 Å². The molecule has 23 heavy (non-hydrogen) atoms. The van der Waals surface area contributed by atoms with Crippen molar-refractivity contribution in [3.63, 3.8) is 0 Å². The zero-order valence-electron chi connectivity index (χ0n) is 14.3. The molecule has 2 aromatic rings. The molecule has 0 fully saturated rings. The fourth-order valence-electron chi connectivity index (χ4n) is 2.11. The number of hydrogen-bond donors (Lipinski definition) is 0. The third-order valence-corrected chi connectivity index (χ3v) is 5.32. The van der Waals surface area contributed by atoms with E-state index in [4.69, 9.17) is 21.1 Å². The number of pyridine rings is 1. The predicted molar refractivity (Wildman–Crippen MR) is 97.9 cm³/mol. The molecule has 0 amide bonds. The first kappa shape index (κ1) is 18.0. The minimum atomic E-state index is -1.04. The van der Waals surface area contributed by atoms with Gasteiger partial charge in [-0.05, 0) is 31.2 Å². The summed E-state index contributed by atoms with van der Waals surface area (Å²) in [4.78, 5) is 4.26. The van der Waals surface area contributed by atoms with Gasteiger partial charge in [0.25, 0.3) is 0 Å². The van der Waals surface area contributed by atoms with Gasteiger partial charge in [0.05, 0.1) is 6.61 Å². The van der Waals surface area contributed by atoms with Crippen LogP contribution in [0.2, 0.25) is 30.8 Å². The Balaban J connectivity index is 2.02. The number of hydrogen-bond acceptors (Lipinski definition) is 3. The molecule has 0 radical (unpaired) electrons. The van der Waals surface area contributed by atoms with Gasteiger partial charge >= 0.3 is 0 Å². The Labute approximate surface area is 144 Å². The van der Waals surface area contributed by atoms with E-state index < -0.39 is 8.07 Å². The Morgan fingerprint density at radius 1 is 1.22 bits per heavy atom. The lowest BCUT2D eigenvalue weighted by atomic mass is 10.1. The summed E-state index contributed by atoms with van der Waals surface area (Å²) in [5, 5.41) is 0.436. The number of halogens is 1. The molecular formula is C17H25ClN2O2Si. The van der Waals surface area contributed by atoms with Gasteiger partial charge in [0.15, 0.2) is 0 Å². The molecule has 0 spiro atoms. The van der Waals surface area contributed by atoms with Gasteiger partial charge in [-0.2, -0.15) is 0 Å². The normalized spacial score (nSPS) is 11.7. The van der Waals surface area contributed by atoms with Crippen LogP contribution in [0, 0.1) is 0 Å². The maximum Gasteiger partial charge on any atom is 0.222 e. The summed E-state index contributed by atoms with van der Waals surface area (Å²) >= 11 is 5.95. The molecule has 0 atom stereocenters. The molecule has 4 nitrogen and oxygen atoms in total. The highest BCUT2D eigenvalue weighted by molar-refractivity contribution is 6.76. The first-order valence-corrected chi connectivity index (χ1v) is 12.0. The Morgan fingerprint density at radius 3 is 2.70 bits per heavy atom. The van der Waals surface area contributed by atoms with Gasteiger partial charge in [0.2, 0.25) is 5.88 Å². The third-order valence-electron chi connectivity index (χ3n) is 3.41. The van der Waals surface area contributed by atoms with Crippen LogP contribution in [0.25, 0.3) is 11.1 Å². The summed E-state index contributed by atoms with van der Waals surface area (Å²) in [6, 6.07) is 6.93. The van der Waals surface area contributed by atoms with Gasteiger partial charge in [-0.1, -0.05) is 31.2 Å². The molecule has 0 N–H and O–H groups in total.